The number of carbonyl (C=O) groups is 3. The highest BCUT2D eigenvalue weighted by Crippen LogP contribution is 2.28. The fourth-order valence-electron chi connectivity index (χ4n) is 2.61. The van der Waals surface area contributed by atoms with Crippen molar-refractivity contribution in [1.29, 1.82) is 0 Å². The van der Waals surface area contributed by atoms with Crippen LogP contribution in [0, 0.1) is 0 Å². The third-order valence-corrected chi connectivity index (χ3v) is 4.03. The largest absolute Gasteiger partial charge is 0.493 e. The number of nitrogens with one attached hydrogen (secondary N) is 2. The van der Waals surface area contributed by atoms with Crippen LogP contribution in [0.15, 0.2) is 18.2 Å². The Labute approximate surface area is 164 Å². The Bertz CT molecular complexity index is 701. The van der Waals surface area contributed by atoms with Gasteiger partial charge in [-0.3, -0.25) is 25.2 Å². The Kier molecular flexibility index (Phi) is 8.06. The van der Waals surface area contributed by atoms with Gasteiger partial charge in [0, 0.05) is 31.5 Å². The molecule has 154 valence electrons. The van der Waals surface area contributed by atoms with E-state index in [0.717, 1.165) is 0 Å². The van der Waals surface area contributed by atoms with Crippen molar-refractivity contribution in [3.63, 3.8) is 0 Å². The Hall–Kier alpha value is -2.81. The van der Waals surface area contributed by atoms with Crippen LogP contribution in [0.4, 0.5) is 0 Å². The highest BCUT2D eigenvalue weighted by Gasteiger charge is 2.18. The molecular weight excluding hydrogens is 366 g/mol. The van der Waals surface area contributed by atoms with Crippen molar-refractivity contribution in [2.45, 2.75) is 32.8 Å². The van der Waals surface area contributed by atoms with Crippen LogP contribution < -0.4 is 20.3 Å². The predicted molar refractivity (Wildman–Crippen MR) is 101 cm³/mol. The molecule has 2 rings (SSSR count). The van der Waals surface area contributed by atoms with Gasteiger partial charge in [-0.1, -0.05) is 0 Å². The summed E-state index contributed by atoms with van der Waals surface area (Å²) in [6.45, 7) is 5.88. The number of methoxy groups -OCH3 is 1. The van der Waals surface area contributed by atoms with Crippen LogP contribution in [-0.2, 0) is 14.3 Å². The molecule has 0 radical (unpaired) electrons. The van der Waals surface area contributed by atoms with E-state index in [1.807, 2.05) is 13.8 Å². The first kappa shape index (κ1) is 21.5. The molecule has 2 N–H and O–H groups in total. The second-order valence-corrected chi connectivity index (χ2v) is 6.53. The van der Waals surface area contributed by atoms with E-state index >= 15 is 0 Å². The molecule has 9 nitrogen and oxygen atoms in total. The van der Waals surface area contributed by atoms with Crippen molar-refractivity contribution in [2.75, 3.05) is 33.4 Å². The van der Waals surface area contributed by atoms with Gasteiger partial charge in [-0.2, -0.15) is 0 Å². The summed E-state index contributed by atoms with van der Waals surface area (Å²) in [5, 5.41) is 0. The zero-order valence-corrected chi connectivity index (χ0v) is 16.4. The van der Waals surface area contributed by atoms with Gasteiger partial charge in [-0.25, -0.2) is 0 Å². The third kappa shape index (κ3) is 6.41. The maximum absolute atomic E-state index is 12.2. The zero-order valence-electron chi connectivity index (χ0n) is 16.4. The molecule has 0 bridgehead atoms. The fraction of sp³-hybridized carbons (Fsp3) is 0.526. The summed E-state index contributed by atoms with van der Waals surface area (Å²) < 4.78 is 16.0. The molecule has 1 aliphatic rings. The molecule has 1 saturated heterocycles. The standard InChI is InChI=1S/C19H27N3O6/c1-13(2)28-15-5-4-14(12-16(15)26-3)19(25)21-20-17(23)6-7-18(24)22-8-10-27-11-9-22/h4-5,12-13H,6-11H2,1-3H3,(H,20,23)(H,21,25). The maximum atomic E-state index is 12.2. The summed E-state index contributed by atoms with van der Waals surface area (Å²) in [7, 11) is 1.48. The molecule has 0 atom stereocenters. The molecule has 0 aromatic heterocycles. The van der Waals surface area contributed by atoms with E-state index in [0.29, 0.717) is 43.4 Å². The van der Waals surface area contributed by atoms with Crippen molar-refractivity contribution in [1.82, 2.24) is 15.8 Å². The number of carbonyl (C=O) groups excluding carboxylic acids is 3. The molecule has 1 aliphatic heterocycles. The van der Waals surface area contributed by atoms with E-state index in [1.165, 1.54) is 13.2 Å². The van der Waals surface area contributed by atoms with E-state index in [2.05, 4.69) is 10.9 Å². The Morgan fingerprint density at radius 2 is 1.82 bits per heavy atom. The van der Waals surface area contributed by atoms with E-state index in [4.69, 9.17) is 14.2 Å². The summed E-state index contributed by atoms with van der Waals surface area (Å²) in [6.07, 6.45) is 0.0330. The first-order valence-corrected chi connectivity index (χ1v) is 9.20. The second kappa shape index (κ2) is 10.5. The molecule has 0 saturated carbocycles. The molecule has 1 fully saturated rings. The zero-order chi connectivity index (χ0) is 20.5. The van der Waals surface area contributed by atoms with Gasteiger partial charge in [0.05, 0.1) is 26.4 Å². The average Bonchev–Trinajstić information content (AvgIpc) is 2.70. The summed E-state index contributed by atoms with van der Waals surface area (Å²) in [5.41, 5.74) is 4.95. The van der Waals surface area contributed by atoms with Gasteiger partial charge in [0.1, 0.15) is 0 Å². The van der Waals surface area contributed by atoms with Crippen LogP contribution in [-0.4, -0.2) is 62.1 Å². The lowest BCUT2D eigenvalue weighted by Gasteiger charge is -2.26. The van der Waals surface area contributed by atoms with Crippen LogP contribution in [0.1, 0.15) is 37.0 Å². The monoisotopic (exact) mass is 393 g/mol. The van der Waals surface area contributed by atoms with Gasteiger partial charge in [0.2, 0.25) is 11.8 Å². The first-order chi connectivity index (χ1) is 13.4. The number of amides is 3. The lowest BCUT2D eigenvalue weighted by atomic mass is 10.2. The highest BCUT2D eigenvalue weighted by molar-refractivity contribution is 5.96. The number of hydrazine groups is 1. The molecular formula is C19H27N3O6. The summed E-state index contributed by atoms with van der Waals surface area (Å²) in [4.78, 5) is 37.8. The number of nitrogens with zero attached hydrogens (tertiary/aromatic N) is 1. The number of ether oxygens (including phenoxy) is 3. The van der Waals surface area contributed by atoms with Crippen molar-refractivity contribution in [3.8, 4) is 11.5 Å². The van der Waals surface area contributed by atoms with Crippen molar-refractivity contribution >= 4 is 17.7 Å². The summed E-state index contributed by atoms with van der Waals surface area (Å²) >= 11 is 0. The average molecular weight is 393 g/mol. The van der Waals surface area contributed by atoms with Crippen LogP contribution in [0.2, 0.25) is 0 Å². The molecule has 1 heterocycles. The van der Waals surface area contributed by atoms with Crippen LogP contribution in [0.5, 0.6) is 11.5 Å². The molecule has 0 unspecified atom stereocenters. The lowest BCUT2D eigenvalue weighted by molar-refractivity contribution is -0.137. The Morgan fingerprint density at radius 3 is 2.46 bits per heavy atom. The minimum absolute atomic E-state index is 0.0129. The first-order valence-electron chi connectivity index (χ1n) is 9.20. The fourth-order valence-corrected chi connectivity index (χ4v) is 2.61. The van der Waals surface area contributed by atoms with E-state index in [9.17, 15) is 14.4 Å². The molecule has 3 amide bonds. The number of rotatable bonds is 7. The van der Waals surface area contributed by atoms with Crippen LogP contribution >= 0.6 is 0 Å². The minimum atomic E-state index is -0.498. The molecule has 0 aliphatic carbocycles. The molecule has 28 heavy (non-hydrogen) atoms. The Balaban J connectivity index is 1.80. The van der Waals surface area contributed by atoms with Crippen molar-refractivity contribution in [2.24, 2.45) is 0 Å². The van der Waals surface area contributed by atoms with E-state index < -0.39 is 11.8 Å². The maximum Gasteiger partial charge on any atom is 0.269 e. The van der Waals surface area contributed by atoms with Gasteiger partial charge >= 0.3 is 0 Å². The molecule has 9 heteroatoms. The van der Waals surface area contributed by atoms with Gasteiger partial charge in [-0.15, -0.1) is 0 Å². The number of hydrogen-bond acceptors (Lipinski definition) is 6. The minimum Gasteiger partial charge on any atom is -0.493 e. The predicted octanol–water partition coefficient (Wildman–Crippen LogP) is 0.882. The van der Waals surface area contributed by atoms with Gasteiger partial charge in [-0.05, 0) is 32.0 Å². The van der Waals surface area contributed by atoms with Gasteiger partial charge in [0.15, 0.2) is 11.5 Å². The normalized spacial score (nSPS) is 13.8. The number of benzene rings is 1. The summed E-state index contributed by atoms with van der Waals surface area (Å²) in [6, 6.07) is 4.74. The topological polar surface area (TPSA) is 106 Å². The molecule has 0 spiro atoms. The highest BCUT2D eigenvalue weighted by atomic mass is 16.5. The summed E-state index contributed by atoms with van der Waals surface area (Å²) in [5.74, 6) is -0.0947. The quantitative estimate of drug-likeness (QED) is 0.666. The smallest absolute Gasteiger partial charge is 0.269 e. The number of morpholine rings is 1. The van der Waals surface area contributed by atoms with Gasteiger partial charge < -0.3 is 19.1 Å². The number of hydrogen-bond donors (Lipinski definition) is 2. The third-order valence-electron chi connectivity index (χ3n) is 4.03. The van der Waals surface area contributed by atoms with Gasteiger partial charge in [0.25, 0.3) is 5.91 Å². The lowest BCUT2D eigenvalue weighted by Crippen LogP contribution is -2.43. The molecule has 1 aromatic rings. The van der Waals surface area contributed by atoms with Crippen molar-refractivity contribution in [3.05, 3.63) is 23.8 Å². The van der Waals surface area contributed by atoms with Crippen LogP contribution in [0.25, 0.3) is 0 Å². The Morgan fingerprint density at radius 1 is 1.11 bits per heavy atom. The van der Waals surface area contributed by atoms with E-state index in [-0.39, 0.29) is 24.9 Å². The SMILES string of the molecule is COc1cc(C(=O)NNC(=O)CCC(=O)N2CCOCC2)ccc1OC(C)C. The van der Waals surface area contributed by atoms with Crippen LogP contribution in [0.3, 0.4) is 0 Å². The van der Waals surface area contributed by atoms with E-state index in [1.54, 1.807) is 17.0 Å². The second-order valence-electron chi connectivity index (χ2n) is 6.53. The molecule has 1 aromatic carbocycles. The van der Waals surface area contributed by atoms with Crippen molar-refractivity contribution < 1.29 is 28.6 Å².